The van der Waals surface area contributed by atoms with Crippen LogP contribution in [0, 0.1) is 12.7 Å². The summed E-state index contributed by atoms with van der Waals surface area (Å²) in [4.78, 5) is 2.21. The van der Waals surface area contributed by atoms with Crippen molar-refractivity contribution in [2.75, 3.05) is 26.7 Å². The summed E-state index contributed by atoms with van der Waals surface area (Å²) in [6.07, 6.45) is 2.56. The van der Waals surface area contributed by atoms with Crippen molar-refractivity contribution in [2.24, 2.45) is 5.73 Å². The number of halogens is 1. The molecule has 0 radical (unpaired) electrons. The van der Waals surface area contributed by atoms with Crippen LogP contribution in [0.5, 0.6) is 0 Å². The van der Waals surface area contributed by atoms with Gasteiger partial charge in [0.05, 0.1) is 6.10 Å². The number of benzene rings is 1. The van der Waals surface area contributed by atoms with Crippen molar-refractivity contribution in [3.05, 3.63) is 35.1 Å². The Morgan fingerprint density at radius 2 is 2.32 bits per heavy atom. The highest BCUT2D eigenvalue weighted by Gasteiger charge is 2.22. The predicted molar refractivity (Wildman–Crippen MR) is 74.5 cm³/mol. The minimum absolute atomic E-state index is 0.114. The molecule has 4 heteroatoms. The molecular formula is C15H23FN2O. The maximum absolute atomic E-state index is 13.3. The summed E-state index contributed by atoms with van der Waals surface area (Å²) in [5.74, 6) is -0.165. The normalized spacial score (nSPS) is 21.0. The van der Waals surface area contributed by atoms with Gasteiger partial charge >= 0.3 is 0 Å². The van der Waals surface area contributed by atoms with Gasteiger partial charge in [-0.2, -0.15) is 0 Å². The van der Waals surface area contributed by atoms with Crippen LogP contribution in [0.2, 0.25) is 0 Å². The van der Waals surface area contributed by atoms with Crippen LogP contribution >= 0.6 is 0 Å². The van der Waals surface area contributed by atoms with Gasteiger partial charge in [-0.15, -0.1) is 0 Å². The van der Waals surface area contributed by atoms with Crippen LogP contribution in [0.25, 0.3) is 0 Å². The Morgan fingerprint density at radius 3 is 2.89 bits per heavy atom. The molecule has 2 N–H and O–H groups in total. The number of ether oxygens (including phenoxy) is 1. The van der Waals surface area contributed by atoms with Crippen LogP contribution in [-0.2, 0) is 4.74 Å². The zero-order chi connectivity index (χ0) is 13.8. The second-order valence-electron chi connectivity index (χ2n) is 5.33. The molecule has 0 aliphatic carbocycles. The molecule has 19 heavy (non-hydrogen) atoms. The molecule has 2 unspecified atom stereocenters. The van der Waals surface area contributed by atoms with Gasteiger partial charge in [0, 0.05) is 25.7 Å². The van der Waals surface area contributed by atoms with E-state index in [4.69, 9.17) is 10.5 Å². The van der Waals surface area contributed by atoms with E-state index < -0.39 is 0 Å². The Hall–Kier alpha value is -0.970. The lowest BCUT2D eigenvalue weighted by Crippen LogP contribution is -2.36. The van der Waals surface area contributed by atoms with Gasteiger partial charge in [-0.25, -0.2) is 4.39 Å². The molecule has 3 nitrogen and oxygen atoms in total. The number of hydrogen-bond donors (Lipinski definition) is 1. The zero-order valence-electron chi connectivity index (χ0n) is 11.7. The first-order chi connectivity index (χ1) is 9.11. The van der Waals surface area contributed by atoms with Gasteiger partial charge < -0.3 is 10.5 Å². The van der Waals surface area contributed by atoms with E-state index in [1.54, 1.807) is 6.92 Å². The maximum atomic E-state index is 13.3. The lowest BCUT2D eigenvalue weighted by molar-refractivity contribution is 0.0689. The Labute approximate surface area is 114 Å². The second-order valence-corrected chi connectivity index (χ2v) is 5.33. The Bertz CT molecular complexity index is 419. The van der Waals surface area contributed by atoms with E-state index in [0.29, 0.717) is 18.2 Å². The minimum atomic E-state index is -0.165. The molecule has 1 heterocycles. The van der Waals surface area contributed by atoms with E-state index in [1.807, 2.05) is 12.1 Å². The standard InChI is InChI=1S/C15H23FN2O/c1-11-8-12(5-6-14(11)16)15(9-17)18(2)10-13-4-3-7-19-13/h5-6,8,13,15H,3-4,7,9-10,17H2,1-2H3. The summed E-state index contributed by atoms with van der Waals surface area (Å²) in [6.45, 7) is 4.04. The van der Waals surface area contributed by atoms with Crippen LogP contribution in [0.1, 0.15) is 30.0 Å². The van der Waals surface area contributed by atoms with Gasteiger partial charge in [0.25, 0.3) is 0 Å². The van der Waals surface area contributed by atoms with Crippen LogP contribution in [0.3, 0.4) is 0 Å². The van der Waals surface area contributed by atoms with E-state index in [1.165, 1.54) is 6.07 Å². The number of rotatable bonds is 5. The fraction of sp³-hybridized carbons (Fsp3) is 0.600. The molecule has 1 fully saturated rings. The third-order valence-electron chi connectivity index (χ3n) is 3.84. The Morgan fingerprint density at radius 1 is 1.53 bits per heavy atom. The maximum Gasteiger partial charge on any atom is 0.126 e. The van der Waals surface area contributed by atoms with Crippen molar-refractivity contribution >= 4 is 0 Å². The fourth-order valence-electron chi connectivity index (χ4n) is 2.68. The Balaban J connectivity index is 2.06. The molecule has 0 bridgehead atoms. The highest BCUT2D eigenvalue weighted by molar-refractivity contribution is 5.26. The van der Waals surface area contributed by atoms with Crippen molar-refractivity contribution in [3.63, 3.8) is 0 Å². The van der Waals surface area contributed by atoms with Crippen molar-refractivity contribution < 1.29 is 9.13 Å². The van der Waals surface area contributed by atoms with Gasteiger partial charge in [-0.05, 0) is 44.0 Å². The molecule has 1 aliphatic rings. The summed E-state index contributed by atoms with van der Waals surface area (Å²) in [6, 6.07) is 5.35. The first-order valence-electron chi connectivity index (χ1n) is 6.89. The van der Waals surface area contributed by atoms with Crippen LogP contribution < -0.4 is 5.73 Å². The van der Waals surface area contributed by atoms with E-state index in [2.05, 4.69) is 11.9 Å². The molecule has 106 valence electrons. The average Bonchev–Trinajstić information content (AvgIpc) is 2.87. The van der Waals surface area contributed by atoms with Crippen molar-refractivity contribution in [2.45, 2.75) is 31.9 Å². The van der Waals surface area contributed by atoms with Crippen LogP contribution in [0.15, 0.2) is 18.2 Å². The summed E-state index contributed by atoms with van der Waals surface area (Å²) < 4.78 is 19.0. The molecule has 0 saturated carbocycles. The van der Waals surface area contributed by atoms with Gasteiger partial charge in [0.15, 0.2) is 0 Å². The minimum Gasteiger partial charge on any atom is -0.377 e. The van der Waals surface area contributed by atoms with Crippen LogP contribution in [0.4, 0.5) is 4.39 Å². The predicted octanol–water partition coefficient (Wildman–Crippen LogP) is 2.24. The third-order valence-corrected chi connectivity index (χ3v) is 3.84. The van der Waals surface area contributed by atoms with E-state index in [0.717, 1.165) is 31.6 Å². The van der Waals surface area contributed by atoms with E-state index >= 15 is 0 Å². The molecule has 1 aromatic carbocycles. The highest BCUT2D eigenvalue weighted by atomic mass is 19.1. The zero-order valence-corrected chi connectivity index (χ0v) is 11.7. The fourth-order valence-corrected chi connectivity index (χ4v) is 2.68. The third kappa shape index (κ3) is 3.53. The monoisotopic (exact) mass is 266 g/mol. The molecular weight excluding hydrogens is 243 g/mol. The van der Waals surface area contributed by atoms with E-state index in [-0.39, 0.29) is 11.9 Å². The van der Waals surface area contributed by atoms with Crippen LogP contribution in [-0.4, -0.2) is 37.7 Å². The molecule has 2 atom stereocenters. The number of nitrogens with zero attached hydrogens (tertiary/aromatic N) is 1. The summed E-state index contributed by atoms with van der Waals surface area (Å²) in [7, 11) is 2.05. The first-order valence-corrected chi connectivity index (χ1v) is 6.89. The Kier molecular flexibility index (Phi) is 4.91. The first kappa shape index (κ1) is 14.4. The van der Waals surface area contributed by atoms with Crippen molar-refractivity contribution in [1.29, 1.82) is 0 Å². The van der Waals surface area contributed by atoms with Gasteiger partial charge in [-0.3, -0.25) is 4.90 Å². The molecule has 1 aliphatic heterocycles. The topological polar surface area (TPSA) is 38.5 Å². The lowest BCUT2D eigenvalue weighted by atomic mass is 10.0. The number of likely N-dealkylation sites (N-methyl/N-ethyl adjacent to an activating group) is 1. The SMILES string of the molecule is Cc1cc(C(CN)N(C)CC2CCCO2)ccc1F. The average molecular weight is 266 g/mol. The number of aryl methyl sites for hydroxylation is 1. The van der Waals surface area contributed by atoms with E-state index in [9.17, 15) is 4.39 Å². The molecule has 1 saturated heterocycles. The summed E-state index contributed by atoms with van der Waals surface area (Å²) >= 11 is 0. The molecule has 0 aromatic heterocycles. The second kappa shape index (κ2) is 6.46. The molecule has 0 amide bonds. The smallest absolute Gasteiger partial charge is 0.126 e. The van der Waals surface area contributed by atoms with Crippen molar-refractivity contribution in [1.82, 2.24) is 4.90 Å². The molecule has 0 spiro atoms. The number of hydrogen-bond acceptors (Lipinski definition) is 3. The van der Waals surface area contributed by atoms with Gasteiger partial charge in [0.1, 0.15) is 5.82 Å². The van der Waals surface area contributed by atoms with Crippen molar-refractivity contribution in [3.8, 4) is 0 Å². The van der Waals surface area contributed by atoms with Gasteiger partial charge in [-0.1, -0.05) is 12.1 Å². The quantitative estimate of drug-likeness (QED) is 0.888. The largest absolute Gasteiger partial charge is 0.377 e. The molecule has 1 aromatic rings. The number of nitrogens with two attached hydrogens (primary N) is 1. The molecule has 2 rings (SSSR count). The highest BCUT2D eigenvalue weighted by Crippen LogP contribution is 2.23. The van der Waals surface area contributed by atoms with Gasteiger partial charge in [0.2, 0.25) is 0 Å². The summed E-state index contributed by atoms with van der Waals surface area (Å²) in [5.41, 5.74) is 7.63. The lowest BCUT2D eigenvalue weighted by Gasteiger charge is -2.29. The summed E-state index contributed by atoms with van der Waals surface area (Å²) in [5, 5.41) is 0.